The molecule has 0 spiro atoms. The maximum Gasteiger partial charge on any atom is 0.306 e. The molecule has 1 N–H and O–H groups in total. The van der Waals surface area contributed by atoms with Crippen LogP contribution in [0.1, 0.15) is 18.7 Å². The number of aliphatic hydroxyl groups is 1. The highest BCUT2D eigenvalue weighted by Crippen LogP contribution is 2.33. The summed E-state index contributed by atoms with van der Waals surface area (Å²) in [6.45, 7) is -0.269. The van der Waals surface area contributed by atoms with Gasteiger partial charge in [-0.25, -0.2) is 15.0 Å². The molecule has 0 aliphatic carbocycles. The van der Waals surface area contributed by atoms with E-state index in [1.54, 1.807) is 0 Å². The Hall–Kier alpha value is -0.860. The third-order valence-corrected chi connectivity index (χ3v) is 4.23. The van der Waals surface area contributed by atoms with E-state index in [4.69, 9.17) is 5.11 Å². The quantitative estimate of drug-likeness (QED) is 0.858. The first-order chi connectivity index (χ1) is 8.56. The SMILES string of the molecule is CSc1nc2cnc(C(F)(F)CCCO)nc2s1. The predicted molar refractivity (Wildman–Crippen MR) is 67.2 cm³/mol. The van der Waals surface area contributed by atoms with E-state index in [0.717, 1.165) is 4.34 Å². The molecule has 0 atom stereocenters. The molecule has 2 heterocycles. The molecule has 0 bridgehead atoms. The van der Waals surface area contributed by atoms with Gasteiger partial charge < -0.3 is 5.11 Å². The van der Waals surface area contributed by atoms with Crippen LogP contribution in [-0.4, -0.2) is 32.9 Å². The molecule has 8 heteroatoms. The number of halogens is 2. The van der Waals surface area contributed by atoms with E-state index in [-0.39, 0.29) is 13.0 Å². The van der Waals surface area contributed by atoms with Gasteiger partial charge in [0, 0.05) is 13.0 Å². The zero-order chi connectivity index (χ0) is 13.2. The van der Waals surface area contributed by atoms with Crippen LogP contribution in [0.15, 0.2) is 10.5 Å². The molecule has 0 saturated heterocycles. The van der Waals surface area contributed by atoms with Crippen molar-refractivity contribution in [3.8, 4) is 0 Å². The fraction of sp³-hybridized carbons (Fsp3) is 0.500. The van der Waals surface area contributed by atoms with E-state index in [1.807, 2.05) is 6.26 Å². The van der Waals surface area contributed by atoms with Crippen LogP contribution in [0.2, 0.25) is 0 Å². The minimum Gasteiger partial charge on any atom is -0.396 e. The average molecular weight is 291 g/mol. The molecule has 0 aromatic carbocycles. The molecule has 0 unspecified atom stereocenters. The summed E-state index contributed by atoms with van der Waals surface area (Å²) in [6, 6.07) is 0. The van der Waals surface area contributed by atoms with Gasteiger partial charge in [-0.05, 0) is 12.7 Å². The Morgan fingerprint density at radius 3 is 2.89 bits per heavy atom. The third-order valence-electron chi connectivity index (χ3n) is 2.28. The molecule has 2 aromatic rings. The number of thiazole rings is 1. The zero-order valence-corrected chi connectivity index (χ0v) is 11.2. The summed E-state index contributed by atoms with van der Waals surface area (Å²) in [7, 11) is 0. The van der Waals surface area contributed by atoms with Crippen molar-refractivity contribution < 1.29 is 13.9 Å². The minimum atomic E-state index is -3.11. The van der Waals surface area contributed by atoms with Crippen LogP contribution in [0.4, 0.5) is 8.78 Å². The van der Waals surface area contributed by atoms with E-state index < -0.39 is 18.2 Å². The average Bonchev–Trinajstić information content (AvgIpc) is 2.78. The summed E-state index contributed by atoms with van der Waals surface area (Å²) in [4.78, 5) is 12.2. The monoisotopic (exact) mass is 291 g/mol. The highest BCUT2D eigenvalue weighted by molar-refractivity contribution is 8.00. The maximum atomic E-state index is 13.7. The Morgan fingerprint density at radius 2 is 2.22 bits per heavy atom. The number of nitrogens with zero attached hydrogens (tertiary/aromatic N) is 3. The highest BCUT2D eigenvalue weighted by atomic mass is 32.2. The predicted octanol–water partition coefficient (Wildman–Crippen LogP) is 2.67. The second kappa shape index (κ2) is 5.41. The van der Waals surface area contributed by atoms with Gasteiger partial charge >= 0.3 is 5.92 Å². The summed E-state index contributed by atoms with van der Waals surface area (Å²) in [5.74, 6) is -3.61. The van der Waals surface area contributed by atoms with Crippen LogP contribution in [0, 0.1) is 0 Å². The van der Waals surface area contributed by atoms with Crippen molar-refractivity contribution in [3.63, 3.8) is 0 Å². The molecule has 0 radical (unpaired) electrons. The third kappa shape index (κ3) is 2.76. The molecule has 4 nitrogen and oxygen atoms in total. The summed E-state index contributed by atoms with van der Waals surface area (Å²) >= 11 is 2.71. The van der Waals surface area contributed by atoms with Gasteiger partial charge in [-0.1, -0.05) is 23.1 Å². The minimum absolute atomic E-state index is 0.0210. The zero-order valence-electron chi connectivity index (χ0n) is 9.56. The lowest BCUT2D eigenvalue weighted by Gasteiger charge is -2.13. The number of hydrogen-bond donors (Lipinski definition) is 1. The van der Waals surface area contributed by atoms with Gasteiger partial charge in [0.1, 0.15) is 10.3 Å². The molecule has 2 aromatic heterocycles. The largest absolute Gasteiger partial charge is 0.396 e. The van der Waals surface area contributed by atoms with Crippen molar-refractivity contribution in [2.45, 2.75) is 23.1 Å². The van der Waals surface area contributed by atoms with Crippen LogP contribution in [0.25, 0.3) is 10.3 Å². The Balaban J connectivity index is 2.33. The van der Waals surface area contributed by atoms with Gasteiger partial charge in [0.25, 0.3) is 0 Å². The molecule has 0 fully saturated rings. The van der Waals surface area contributed by atoms with E-state index in [1.165, 1.54) is 29.3 Å². The Morgan fingerprint density at radius 1 is 1.44 bits per heavy atom. The van der Waals surface area contributed by atoms with Gasteiger partial charge in [-0.2, -0.15) is 8.78 Å². The summed E-state index contributed by atoms with van der Waals surface area (Å²) < 4.78 is 28.2. The standard InChI is InChI=1S/C10H11F2N3OS2/c1-17-9-14-6-5-13-8(15-7(6)18-9)10(11,12)3-2-4-16/h5,16H,2-4H2,1H3. The summed E-state index contributed by atoms with van der Waals surface area (Å²) in [5.41, 5.74) is 0.533. The second-order valence-electron chi connectivity index (χ2n) is 3.60. The van der Waals surface area contributed by atoms with Gasteiger partial charge in [0.2, 0.25) is 0 Å². The van der Waals surface area contributed by atoms with Crippen LogP contribution >= 0.6 is 23.1 Å². The van der Waals surface area contributed by atoms with Gasteiger partial charge in [0.05, 0.1) is 6.20 Å². The molecule has 0 saturated carbocycles. The van der Waals surface area contributed by atoms with Crippen molar-refractivity contribution in [1.29, 1.82) is 0 Å². The number of aliphatic hydroxyl groups excluding tert-OH is 1. The molecule has 2 rings (SSSR count). The topological polar surface area (TPSA) is 58.9 Å². The summed E-state index contributed by atoms with van der Waals surface area (Å²) in [5, 5.41) is 8.60. The number of aromatic nitrogens is 3. The normalized spacial score (nSPS) is 12.2. The lowest BCUT2D eigenvalue weighted by Crippen LogP contribution is -2.17. The number of alkyl halides is 2. The first kappa shape index (κ1) is 13.6. The molecule has 0 aliphatic heterocycles. The lowest BCUT2D eigenvalue weighted by atomic mass is 10.2. The van der Waals surface area contributed by atoms with E-state index in [0.29, 0.717) is 10.3 Å². The van der Waals surface area contributed by atoms with Gasteiger partial charge in [0.15, 0.2) is 10.2 Å². The molecule has 0 amide bonds. The van der Waals surface area contributed by atoms with E-state index >= 15 is 0 Å². The molecule has 18 heavy (non-hydrogen) atoms. The van der Waals surface area contributed by atoms with Crippen molar-refractivity contribution in [1.82, 2.24) is 15.0 Å². The number of thioether (sulfide) groups is 1. The van der Waals surface area contributed by atoms with Crippen molar-refractivity contribution in [2.24, 2.45) is 0 Å². The van der Waals surface area contributed by atoms with Crippen LogP contribution in [0.5, 0.6) is 0 Å². The molecule has 0 aliphatic rings. The molecule has 98 valence electrons. The smallest absolute Gasteiger partial charge is 0.306 e. The summed E-state index contributed by atoms with van der Waals surface area (Å²) in [6.07, 6.45) is 2.75. The van der Waals surface area contributed by atoms with Crippen LogP contribution < -0.4 is 0 Å². The molecular weight excluding hydrogens is 280 g/mol. The maximum absolute atomic E-state index is 13.7. The number of rotatable bonds is 5. The molecular formula is C10H11F2N3OS2. The van der Waals surface area contributed by atoms with Crippen LogP contribution in [-0.2, 0) is 5.92 Å². The fourth-order valence-electron chi connectivity index (χ4n) is 1.39. The Bertz CT molecular complexity index is 547. The van der Waals surface area contributed by atoms with Crippen LogP contribution in [0.3, 0.4) is 0 Å². The fourth-order valence-corrected chi connectivity index (χ4v) is 2.80. The van der Waals surface area contributed by atoms with Crippen molar-refractivity contribution in [2.75, 3.05) is 12.9 Å². The number of hydrogen-bond acceptors (Lipinski definition) is 6. The highest BCUT2D eigenvalue weighted by Gasteiger charge is 2.34. The van der Waals surface area contributed by atoms with E-state index in [9.17, 15) is 8.78 Å². The lowest BCUT2D eigenvalue weighted by molar-refractivity contribution is -0.0273. The van der Waals surface area contributed by atoms with Crippen molar-refractivity contribution in [3.05, 3.63) is 12.0 Å². The van der Waals surface area contributed by atoms with E-state index in [2.05, 4.69) is 15.0 Å². The van der Waals surface area contributed by atoms with Gasteiger partial charge in [-0.15, -0.1) is 0 Å². The van der Waals surface area contributed by atoms with Crippen molar-refractivity contribution >= 4 is 33.4 Å². The first-order valence-electron chi connectivity index (χ1n) is 5.23. The second-order valence-corrected chi connectivity index (χ2v) is 5.63. The number of fused-ring (bicyclic) bond motifs is 1. The van der Waals surface area contributed by atoms with Gasteiger partial charge in [-0.3, -0.25) is 0 Å². The Labute approximate surface area is 110 Å². The first-order valence-corrected chi connectivity index (χ1v) is 7.27. The Kier molecular flexibility index (Phi) is 4.08.